The summed E-state index contributed by atoms with van der Waals surface area (Å²) < 4.78 is -0.0902. The molecule has 1 amide bonds. The number of piperidine rings is 1. The summed E-state index contributed by atoms with van der Waals surface area (Å²) in [6.45, 7) is 1.63. The molecule has 3 nitrogen and oxygen atoms in total. The highest BCUT2D eigenvalue weighted by Gasteiger charge is 2.38. The normalized spacial score (nSPS) is 24.1. The molecule has 1 aliphatic heterocycles. The van der Waals surface area contributed by atoms with Crippen LogP contribution in [0.3, 0.4) is 0 Å². The molecule has 0 spiro atoms. The lowest BCUT2D eigenvalue weighted by Gasteiger charge is -2.41. The number of hydrogen-bond acceptors (Lipinski definition) is 3. The van der Waals surface area contributed by atoms with E-state index in [1.807, 2.05) is 0 Å². The van der Waals surface area contributed by atoms with E-state index >= 15 is 0 Å². The third kappa shape index (κ3) is 4.13. The maximum atomic E-state index is 12.7. The van der Waals surface area contributed by atoms with Gasteiger partial charge in [-0.25, -0.2) is 0 Å². The summed E-state index contributed by atoms with van der Waals surface area (Å²) in [5.74, 6) is 0.645. The highest BCUT2D eigenvalue weighted by Crippen LogP contribution is 2.36. The third-order valence-electron chi connectivity index (χ3n) is 5.18. The lowest BCUT2D eigenvalue weighted by Crippen LogP contribution is -2.51. The zero-order chi connectivity index (χ0) is 15.3. The van der Waals surface area contributed by atoms with Gasteiger partial charge < -0.3 is 10.6 Å². The van der Waals surface area contributed by atoms with E-state index in [1.54, 1.807) is 11.8 Å². The fourth-order valence-corrected chi connectivity index (χ4v) is 4.85. The van der Waals surface area contributed by atoms with E-state index in [1.165, 1.54) is 32.1 Å². The van der Waals surface area contributed by atoms with Gasteiger partial charge in [-0.1, -0.05) is 44.3 Å². The van der Waals surface area contributed by atoms with Crippen LogP contribution in [0.25, 0.3) is 0 Å². The fraction of sp³-hybridized carbons (Fsp3) is 0.875. The molecule has 2 fully saturated rings. The molecular weight excluding hydrogens is 300 g/mol. The summed E-state index contributed by atoms with van der Waals surface area (Å²) in [5.41, 5.74) is 5.92. The Morgan fingerprint density at radius 2 is 1.67 bits per heavy atom. The number of rotatable bonds is 3. The Hall–Kier alpha value is -0.290. The first-order chi connectivity index (χ1) is 10.1. The quantitative estimate of drug-likeness (QED) is 0.807. The van der Waals surface area contributed by atoms with E-state index < -0.39 is 0 Å². The Kier molecular flexibility index (Phi) is 6.35. The molecule has 2 N–H and O–H groups in total. The zero-order valence-corrected chi connectivity index (χ0v) is 14.7. The average molecular weight is 329 g/mol. The number of thioether (sulfide) groups is 1. The largest absolute Gasteiger partial charge is 0.392 e. The molecular formula is C16H28N2OS2. The lowest BCUT2D eigenvalue weighted by molar-refractivity contribution is -0.137. The Morgan fingerprint density at radius 1 is 1.14 bits per heavy atom. The molecule has 2 rings (SSSR count). The van der Waals surface area contributed by atoms with Crippen molar-refractivity contribution >= 4 is 34.9 Å². The minimum absolute atomic E-state index is 0.0902. The number of nitrogens with zero attached hydrogens (tertiary/aromatic N) is 1. The number of amides is 1. The second kappa shape index (κ2) is 7.82. The molecule has 0 unspecified atom stereocenters. The van der Waals surface area contributed by atoms with Crippen molar-refractivity contribution in [1.82, 2.24) is 4.90 Å². The first kappa shape index (κ1) is 17.1. The molecule has 1 aliphatic carbocycles. The van der Waals surface area contributed by atoms with Gasteiger partial charge in [0.15, 0.2) is 0 Å². The molecule has 1 saturated carbocycles. The molecule has 0 aromatic carbocycles. The van der Waals surface area contributed by atoms with Gasteiger partial charge in [-0.3, -0.25) is 4.79 Å². The van der Waals surface area contributed by atoms with Gasteiger partial charge in [-0.15, -0.1) is 0 Å². The van der Waals surface area contributed by atoms with Crippen molar-refractivity contribution in [3.05, 3.63) is 0 Å². The van der Waals surface area contributed by atoms with E-state index in [0.717, 1.165) is 38.8 Å². The number of carbonyl (C=O) groups is 1. The maximum absolute atomic E-state index is 12.7. The number of hydrogen-bond donors (Lipinski definition) is 1. The molecule has 2 aliphatic rings. The van der Waals surface area contributed by atoms with Crippen LogP contribution in [0.4, 0.5) is 0 Å². The first-order valence-electron chi connectivity index (χ1n) is 8.23. The number of thiocarbonyl (C=S) groups is 1. The van der Waals surface area contributed by atoms with E-state index in [2.05, 4.69) is 11.2 Å². The summed E-state index contributed by atoms with van der Waals surface area (Å²) in [6.07, 6.45) is 12.4. The summed E-state index contributed by atoms with van der Waals surface area (Å²) >= 11 is 7.00. The van der Waals surface area contributed by atoms with Crippen molar-refractivity contribution in [3.63, 3.8) is 0 Å². The van der Waals surface area contributed by atoms with Crippen LogP contribution in [0.2, 0.25) is 0 Å². The molecule has 0 aromatic heterocycles. The Bertz CT molecular complexity index is 370. The highest BCUT2D eigenvalue weighted by molar-refractivity contribution is 8.02. The van der Waals surface area contributed by atoms with Gasteiger partial charge in [-0.2, -0.15) is 11.8 Å². The predicted octanol–water partition coefficient (Wildman–Crippen LogP) is 3.36. The minimum atomic E-state index is -0.0902. The third-order valence-corrected chi connectivity index (χ3v) is 7.11. The topological polar surface area (TPSA) is 46.3 Å². The van der Waals surface area contributed by atoms with Crippen molar-refractivity contribution in [1.29, 1.82) is 0 Å². The van der Waals surface area contributed by atoms with Crippen LogP contribution in [-0.4, -0.2) is 39.9 Å². The van der Waals surface area contributed by atoms with Gasteiger partial charge in [0.1, 0.15) is 0 Å². The van der Waals surface area contributed by atoms with Crippen LogP contribution >= 0.6 is 24.0 Å². The summed E-state index contributed by atoms with van der Waals surface area (Å²) in [4.78, 5) is 15.4. The van der Waals surface area contributed by atoms with Gasteiger partial charge in [0.25, 0.3) is 0 Å². The Balaban J connectivity index is 1.91. The van der Waals surface area contributed by atoms with Crippen LogP contribution in [0, 0.1) is 5.92 Å². The molecule has 1 heterocycles. The lowest BCUT2D eigenvalue weighted by atomic mass is 9.88. The van der Waals surface area contributed by atoms with Crippen molar-refractivity contribution in [2.75, 3.05) is 19.3 Å². The zero-order valence-electron chi connectivity index (χ0n) is 13.1. The molecule has 0 bridgehead atoms. The van der Waals surface area contributed by atoms with Crippen LogP contribution in [-0.2, 0) is 4.79 Å². The van der Waals surface area contributed by atoms with Crippen molar-refractivity contribution in [2.24, 2.45) is 11.7 Å². The monoisotopic (exact) mass is 328 g/mol. The predicted molar refractivity (Wildman–Crippen MR) is 94.7 cm³/mol. The molecule has 1 saturated heterocycles. The summed E-state index contributed by atoms with van der Waals surface area (Å²) in [7, 11) is 0. The van der Waals surface area contributed by atoms with Gasteiger partial charge in [0.05, 0.1) is 9.74 Å². The molecule has 120 valence electrons. The molecule has 0 radical (unpaired) electrons. The Labute approximate surface area is 138 Å². The summed E-state index contributed by atoms with van der Waals surface area (Å²) in [6, 6.07) is 0. The molecule has 5 heteroatoms. The van der Waals surface area contributed by atoms with Crippen molar-refractivity contribution in [2.45, 2.75) is 62.5 Å². The number of likely N-dealkylation sites (tertiary alicyclic amines) is 1. The van der Waals surface area contributed by atoms with Gasteiger partial charge in [-0.05, 0) is 31.9 Å². The maximum Gasteiger partial charge on any atom is 0.225 e. The second-order valence-corrected chi connectivity index (χ2v) is 8.06. The summed E-state index contributed by atoms with van der Waals surface area (Å²) in [5, 5.41) is 0. The van der Waals surface area contributed by atoms with Gasteiger partial charge in [0.2, 0.25) is 5.91 Å². The fourth-order valence-electron chi connectivity index (χ4n) is 3.60. The van der Waals surface area contributed by atoms with Crippen LogP contribution in [0.15, 0.2) is 0 Å². The van der Waals surface area contributed by atoms with Crippen LogP contribution < -0.4 is 5.73 Å². The van der Waals surface area contributed by atoms with E-state index in [-0.39, 0.29) is 10.7 Å². The van der Waals surface area contributed by atoms with Gasteiger partial charge >= 0.3 is 0 Å². The number of nitrogens with two attached hydrogens (primary N) is 1. The average Bonchev–Trinajstić information content (AvgIpc) is 2.46. The Morgan fingerprint density at radius 3 is 2.14 bits per heavy atom. The molecule has 21 heavy (non-hydrogen) atoms. The van der Waals surface area contributed by atoms with E-state index in [4.69, 9.17) is 18.0 Å². The molecule has 0 aromatic rings. The minimum Gasteiger partial charge on any atom is -0.392 e. The number of carbonyl (C=O) groups excluding carboxylic acids is 1. The van der Waals surface area contributed by atoms with Crippen molar-refractivity contribution in [3.8, 4) is 0 Å². The van der Waals surface area contributed by atoms with Crippen LogP contribution in [0.5, 0.6) is 0 Å². The van der Waals surface area contributed by atoms with E-state index in [0.29, 0.717) is 10.9 Å². The second-order valence-electron chi connectivity index (χ2n) is 6.43. The highest BCUT2D eigenvalue weighted by atomic mass is 32.2. The standard InChI is InChI=1S/C16H28N2OS2/c1-21-16(15(17)20)9-11-18(12-10-16)14(19)13-7-5-3-2-4-6-8-13/h13H,2-12H2,1H3,(H2,17,20). The van der Waals surface area contributed by atoms with E-state index in [9.17, 15) is 4.79 Å². The van der Waals surface area contributed by atoms with Crippen molar-refractivity contribution < 1.29 is 4.79 Å². The van der Waals surface area contributed by atoms with Gasteiger partial charge in [0, 0.05) is 19.0 Å². The molecule has 0 atom stereocenters. The van der Waals surface area contributed by atoms with Crippen LogP contribution in [0.1, 0.15) is 57.8 Å². The smallest absolute Gasteiger partial charge is 0.225 e. The SMILES string of the molecule is CSC1(C(N)=S)CCN(C(=O)C2CCCCCCC2)CC1. The first-order valence-corrected chi connectivity index (χ1v) is 9.86.